The Morgan fingerprint density at radius 2 is 0.588 bits per heavy atom. The van der Waals surface area contributed by atoms with E-state index in [2.05, 4.69) is 121 Å². The van der Waals surface area contributed by atoms with Crippen LogP contribution in [0.15, 0.2) is 121 Å². The second-order valence-electron chi connectivity index (χ2n) is 9.68. The Labute approximate surface area is 201 Å². The summed E-state index contributed by atoms with van der Waals surface area (Å²) in [7, 11) is 0. The summed E-state index contributed by atoms with van der Waals surface area (Å²) in [5, 5.41) is 0. The number of fused-ring (bicyclic) bond motifs is 6. The lowest BCUT2D eigenvalue weighted by molar-refractivity contribution is 0.814. The van der Waals surface area contributed by atoms with Crippen molar-refractivity contribution in [3.63, 3.8) is 0 Å². The number of benzene rings is 5. The van der Waals surface area contributed by atoms with Crippen LogP contribution in [0.1, 0.15) is 45.2 Å². The predicted molar refractivity (Wildman–Crippen MR) is 141 cm³/mol. The predicted octanol–water partition coefficient (Wildman–Crippen LogP) is 8.40. The average molecular weight is 435 g/mol. The fourth-order valence-corrected chi connectivity index (χ4v) is 6.24. The molecule has 5 aromatic rings. The van der Waals surface area contributed by atoms with Crippen LogP contribution in [0.3, 0.4) is 0 Å². The fraction of sp³-hybridized carbons (Fsp3) is 0.118. The Morgan fingerprint density at radius 3 is 0.882 bits per heavy atom. The van der Waals surface area contributed by atoms with Crippen molar-refractivity contribution in [3.8, 4) is 22.3 Å². The van der Waals surface area contributed by atoms with Gasteiger partial charge in [0.25, 0.3) is 0 Å². The second-order valence-corrected chi connectivity index (χ2v) is 9.68. The van der Waals surface area contributed by atoms with E-state index in [4.69, 9.17) is 0 Å². The van der Waals surface area contributed by atoms with Crippen molar-refractivity contribution in [1.82, 2.24) is 0 Å². The molecular formula is C34H26. The lowest BCUT2D eigenvalue weighted by atomic mass is 9.88. The smallest absolute Gasteiger partial charge is 0.0142 e. The maximum atomic E-state index is 2.35. The Balaban J connectivity index is 1.17. The molecule has 0 heterocycles. The normalized spacial score (nSPS) is 13.9. The zero-order valence-corrected chi connectivity index (χ0v) is 19.1. The van der Waals surface area contributed by atoms with Gasteiger partial charge in [-0.05, 0) is 68.5 Å². The zero-order chi connectivity index (χ0) is 22.5. The summed E-state index contributed by atoms with van der Waals surface area (Å²) >= 11 is 0. The van der Waals surface area contributed by atoms with Crippen LogP contribution in [-0.4, -0.2) is 0 Å². The van der Waals surface area contributed by atoms with Gasteiger partial charge in [-0.1, -0.05) is 121 Å². The summed E-state index contributed by atoms with van der Waals surface area (Å²) in [6, 6.07) is 45.1. The van der Waals surface area contributed by atoms with Gasteiger partial charge in [0.15, 0.2) is 0 Å². The monoisotopic (exact) mass is 434 g/mol. The summed E-state index contributed by atoms with van der Waals surface area (Å²) < 4.78 is 0. The fourth-order valence-electron chi connectivity index (χ4n) is 6.24. The minimum Gasteiger partial charge on any atom is -0.0619 e. The van der Waals surface area contributed by atoms with Crippen LogP contribution < -0.4 is 0 Å². The summed E-state index contributed by atoms with van der Waals surface area (Å²) in [5.41, 5.74) is 14.3. The Kier molecular flexibility index (Phi) is 4.52. The number of hydrogen-bond donors (Lipinski definition) is 0. The molecule has 0 aromatic heterocycles. The lowest BCUT2D eigenvalue weighted by Crippen LogP contribution is -2.03. The van der Waals surface area contributed by atoms with Crippen molar-refractivity contribution in [2.45, 2.75) is 24.7 Å². The van der Waals surface area contributed by atoms with Gasteiger partial charge in [-0.3, -0.25) is 0 Å². The van der Waals surface area contributed by atoms with Crippen molar-refractivity contribution in [2.75, 3.05) is 0 Å². The minimum atomic E-state index is 0.437. The molecule has 5 aromatic carbocycles. The summed E-state index contributed by atoms with van der Waals surface area (Å²) in [6.45, 7) is 0. The molecule has 0 amide bonds. The lowest BCUT2D eigenvalue weighted by Gasteiger charge is -2.16. The van der Waals surface area contributed by atoms with Gasteiger partial charge in [0.2, 0.25) is 0 Å². The minimum absolute atomic E-state index is 0.437. The van der Waals surface area contributed by atoms with Gasteiger partial charge < -0.3 is 0 Å². The molecule has 0 unspecified atom stereocenters. The third kappa shape index (κ3) is 3.06. The first-order chi connectivity index (χ1) is 16.9. The van der Waals surface area contributed by atoms with Crippen LogP contribution in [0, 0.1) is 0 Å². The van der Waals surface area contributed by atoms with Crippen LogP contribution in [0.5, 0.6) is 0 Å². The van der Waals surface area contributed by atoms with Gasteiger partial charge in [-0.25, -0.2) is 0 Å². The molecule has 0 bridgehead atoms. The molecule has 2 aliphatic carbocycles. The van der Waals surface area contributed by atoms with E-state index in [0.29, 0.717) is 11.8 Å². The van der Waals surface area contributed by atoms with Crippen LogP contribution >= 0.6 is 0 Å². The van der Waals surface area contributed by atoms with E-state index in [1.54, 1.807) is 0 Å². The Hall–Kier alpha value is -3.90. The maximum Gasteiger partial charge on any atom is 0.0142 e. The van der Waals surface area contributed by atoms with Gasteiger partial charge in [-0.2, -0.15) is 0 Å². The first-order valence-corrected chi connectivity index (χ1v) is 12.3. The van der Waals surface area contributed by atoms with Crippen molar-refractivity contribution >= 4 is 0 Å². The molecule has 0 saturated carbocycles. The first kappa shape index (κ1) is 19.6. The maximum absolute atomic E-state index is 2.35. The van der Waals surface area contributed by atoms with Crippen LogP contribution in [0.25, 0.3) is 22.3 Å². The summed E-state index contributed by atoms with van der Waals surface area (Å²) in [6.07, 6.45) is 2.09. The Morgan fingerprint density at radius 1 is 0.324 bits per heavy atom. The average Bonchev–Trinajstić information content (AvgIpc) is 3.39. The molecule has 0 fully saturated rings. The van der Waals surface area contributed by atoms with Crippen molar-refractivity contribution < 1.29 is 0 Å². The third-order valence-electron chi connectivity index (χ3n) is 7.83. The molecule has 0 saturated heterocycles. The van der Waals surface area contributed by atoms with E-state index in [1.165, 1.54) is 55.6 Å². The molecule has 0 radical (unpaired) electrons. The van der Waals surface area contributed by atoms with Gasteiger partial charge in [0.1, 0.15) is 0 Å². The molecular weight excluding hydrogens is 408 g/mol. The molecule has 0 heteroatoms. The van der Waals surface area contributed by atoms with Crippen LogP contribution in [0.4, 0.5) is 0 Å². The van der Waals surface area contributed by atoms with Crippen LogP contribution in [-0.2, 0) is 12.8 Å². The molecule has 162 valence electrons. The first-order valence-electron chi connectivity index (χ1n) is 12.3. The van der Waals surface area contributed by atoms with Gasteiger partial charge >= 0.3 is 0 Å². The quantitative estimate of drug-likeness (QED) is 0.266. The van der Waals surface area contributed by atoms with E-state index < -0.39 is 0 Å². The van der Waals surface area contributed by atoms with Crippen molar-refractivity contribution in [2.24, 2.45) is 0 Å². The molecule has 0 nitrogen and oxygen atoms in total. The molecule has 0 N–H and O–H groups in total. The molecule has 2 aliphatic rings. The zero-order valence-electron chi connectivity index (χ0n) is 19.1. The van der Waals surface area contributed by atoms with E-state index in [1.807, 2.05) is 0 Å². The highest BCUT2D eigenvalue weighted by Crippen LogP contribution is 2.47. The SMILES string of the molecule is c1ccc2c(c1)-c1ccccc1C2Cc1ccc(CC2c3ccccc3-c3ccccc32)cc1. The van der Waals surface area contributed by atoms with E-state index in [9.17, 15) is 0 Å². The van der Waals surface area contributed by atoms with E-state index in [0.717, 1.165) is 12.8 Å². The highest BCUT2D eigenvalue weighted by atomic mass is 14.3. The molecule has 0 atom stereocenters. The second kappa shape index (κ2) is 7.85. The summed E-state index contributed by atoms with van der Waals surface area (Å²) in [4.78, 5) is 0. The van der Waals surface area contributed by atoms with Gasteiger partial charge in [0.05, 0.1) is 0 Å². The largest absolute Gasteiger partial charge is 0.0619 e. The highest BCUT2D eigenvalue weighted by molar-refractivity contribution is 5.80. The van der Waals surface area contributed by atoms with Gasteiger partial charge in [0, 0.05) is 11.8 Å². The highest BCUT2D eigenvalue weighted by Gasteiger charge is 2.29. The molecule has 34 heavy (non-hydrogen) atoms. The van der Waals surface area contributed by atoms with Crippen molar-refractivity contribution in [3.05, 3.63) is 155 Å². The molecule has 0 spiro atoms. The number of rotatable bonds is 4. The van der Waals surface area contributed by atoms with Crippen LogP contribution in [0.2, 0.25) is 0 Å². The van der Waals surface area contributed by atoms with E-state index in [-0.39, 0.29) is 0 Å². The van der Waals surface area contributed by atoms with E-state index >= 15 is 0 Å². The topological polar surface area (TPSA) is 0 Å². The summed E-state index contributed by atoms with van der Waals surface area (Å²) in [5.74, 6) is 0.874. The Bertz CT molecular complexity index is 1300. The number of hydrogen-bond acceptors (Lipinski definition) is 0. The van der Waals surface area contributed by atoms with Gasteiger partial charge in [-0.15, -0.1) is 0 Å². The molecule has 7 rings (SSSR count). The van der Waals surface area contributed by atoms with Crippen molar-refractivity contribution in [1.29, 1.82) is 0 Å². The standard InChI is InChI=1S/C34H26/c1-5-13-29-25(9-1)26-10-2-6-14-30(26)33(29)21-23-17-19-24(20-18-23)22-34-31-15-7-3-11-27(31)28-12-4-8-16-32(28)34/h1-20,33-34H,21-22H2. The molecule has 0 aliphatic heterocycles. The third-order valence-corrected chi connectivity index (χ3v) is 7.83.